The molecule has 0 fully saturated rings. The topological polar surface area (TPSA) is 30.7 Å². The highest BCUT2D eigenvalue weighted by molar-refractivity contribution is 5.29. The standard InChI is InChI=1S/C10H10N3/c1-8-9(2)12-13(11-8)10-6-4-3-5-7-10/h3-7H,1H2,2H3. The van der Waals surface area contributed by atoms with E-state index in [9.17, 15) is 0 Å². The molecule has 0 aliphatic rings. The Kier molecular flexibility index (Phi) is 1.85. The van der Waals surface area contributed by atoms with Crippen LogP contribution in [0, 0.1) is 13.8 Å². The van der Waals surface area contributed by atoms with Crippen LogP contribution >= 0.6 is 0 Å². The van der Waals surface area contributed by atoms with Crippen molar-refractivity contribution >= 4 is 0 Å². The zero-order chi connectivity index (χ0) is 9.26. The molecule has 2 rings (SSSR count). The molecule has 0 saturated carbocycles. The minimum absolute atomic E-state index is 0.726. The highest BCUT2D eigenvalue weighted by Crippen LogP contribution is 2.06. The largest absolute Gasteiger partial charge is 0.153 e. The van der Waals surface area contributed by atoms with Crippen LogP contribution in [0.25, 0.3) is 5.69 Å². The number of benzene rings is 1. The lowest BCUT2D eigenvalue weighted by atomic mass is 10.3. The van der Waals surface area contributed by atoms with Gasteiger partial charge in [0.1, 0.15) is 0 Å². The van der Waals surface area contributed by atoms with Crippen LogP contribution in [0.3, 0.4) is 0 Å². The highest BCUT2D eigenvalue weighted by atomic mass is 15.5. The Morgan fingerprint density at radius 2 is 1.85 bits per heavy atom. The van der Waals surface area contributed by atoms with Gasteiger partial charge in [-0.1, -0.05) is 18.2 Å². The summed E-state index contributed by atoms with van der Waals surface area (Å²) < 4.78 is 0. The average molecular weight is 172 g/mol. The van der Waals surface area contributed by atoms with Crippen LogP contribution in [-0.4, -0.2) is 15.0 Å². The highest BCUT2D eigenvalue weighted by Gasteiger charge is 2.02. The Morgan fingerprint density at radius 1 is 1.15 bits per heavy atom. The van der Waals surface area contributed by atoms with Crippen LogP contribution < -0.4 is 0 Å². The SMILES string of the molecule is [CH2]c1nn(-c2ccccc2)nc1C. The molecule has 1 aromatic heterocycles. The van der Waals surface area contributed by atoms with Gasteiger partial charge in [0.2, 0.25) is 0 Å². The Bertz CT molecular complexity index is 384. The predicted molar refractivity (Wildman–Crippen MR) is 50.6 cm³/mol. The molecule has 1 radical (unpaired) electrons. The van der Waals surface area contributed by atoms with Gasteiger partial charge in [0.25, 0.3) is 0 Å². The number of aromatic nitrogens is 3. The summed E-state index contributed by atoms with van der Waals surface area (Å²) in [5.74, 6) is 0. The molecule has 1 heterocycles. The quantitative estimate of drug-likeness (QED) is 0.656. The summed E-state index contributed by atoms with van der Waals surface area (Å²) in [6, 6.07) is 9.79. The molecule has 13 heavy (non-hydrogen) atoms. The zero-order valence-electron chi connectivity index (χ0n) is 7.44. The molecule has 0 aliphatic carbocycles. The first-order valence-electron chi connectivity index (χ1n) is 4.09. The van der Waals surface area contributed by atoms with Crippen LogP contribution in [0.2, 0.25) is 0 Å². The number of nitrogens with zero attached hydrogens (tertiary/aromatic N) is 3. The van der Waals surface area contributed by atoms with Gasteiger partial charge in [-0.3, -0.25) is 0 Å². The van der Waals surface area contributed by atoms with Crippen LogP contribution in [0.5, 0.6) is 0 Å². The predicted octanol–water partition coefficient (Wildman–Crippen LogP) is 1.76. The van der Waals surface area contributed by atoms with Gasteiger partial charge >= 0.3 is 0 Å². The average Bonchev–Trinajstić information content (AvgIpc) is 2.49. The van der Waals surface area contributed by atoms with E-state index in [4.69, 9.17) is 0 Å². The second-order valence-corrected chi connectivity index (χ2v) is 2.86. The van der Waals surface area contributed by atoms with E-state index in [1.54, 1.807) is 4.80 Å². The van der Waals surface area contributed by atoms with Crippen molar-refractivity contribution in [2.24, 2.45) is 0 Å². The molecule has 0 N–H and O–H groups in total. The molecular weight excluding hydrogens is 162 g/mol. The van der Waals surface area contributed by atoms with Crippen molar-refractivity contribution in [3.63, 3.8) is 0 Å². The van der Waals surface area contributed by atoms with Crippen LogP contribution in [-0.2, 0) is 0 Å². The van der Waals surface area contributed by atoms with E-state index >= 15 is 0 Å². The maximum absolute atomic E-state index is 4.22. The van der Waals surface area contributed by atoms with Crippen LogP contribution in [0.4, 0.5) is 0 Å². The number of hydrogen-bond donors (Lipinski definition) is 0. The second kappa shape index (κ2) is 3.01. The summed E-state index contributed by atoms with van der Waals surface area (Å²) in [6.45, 7) is 5.67. The third-order valence-electron chi connectivity index (χ3n) is 1.86. The molecule has 3 nitrogen and oxygen atoms in total. The Morgan fingerprint density at radius 3 is 2.38 bits per heavy atom. The molecule has 0 amide bonds. The third kappa shape index (κ3) is 1.45. The Balaban J connectivity index is 2.48. The van der Waals surface area contributed by atoms with E-state index < -0.39 is 0 Å². The number of aryl methyl sites for hydroxylation is 1. The molecule has 1 aromatic carbocycles. The smallest absolute Gasteiger partial charge is 0.0864 e. The van der Waals surface area contributed by atoms with Gasteiger partial charge in [-0.05, 0) is 26.0 Å². The number of hydrogen-bond acceptors (Lipinski definition) is 2. The summed E-state index contributed by atoms with van der Waals surface area (Å²) in [5.41, 5.74) is 2.55. The molecular formula is C10H10N3. The summed E-state index contributed by atoms with van der Waals surface area (Å²) in [5, 5.41) is 8.40. The summed E-state index contributed by atoms with van der Waals surface area (Å²) in [4.78, 5) is 1.59. The maximum Gasteiger partial charge on any atom is 0.0864 e. The van der Waals surface area contributed by atoms with Gasteiger partial charge in [0.15, 0.2) is 0 Å². The Hall–Kier alpha value is -1.64. The summed E-state index contributed by atoms with van der Waals surface area (Å²) in [6.07, 6.45) is 0. The number of para-hydroxylation sites is 1. The fourth-order valence-electron chi connectivity index (χ4n) is 1.09. The van der Waals surface area contributed by atoms with Crippen LogP contribution in [0.15, 0.2) is 30.3 Å². The van der Waals surface area contributed by atoms with Gasteiger partial charge in [0.05, 0.1) is 17.1 Å². The normalized spacial score (nSPS) is 10.3. The monoisotopic (exact) mass is 172 g/mol. The van der Waals surface area contributed by atoms with E-state index in [0.29, 0.717) is 0 Å². The van der Waals surface area contributed by atoms with Gasteiger partial charge in [0, 0.05) is 0 Å². The van der Waals surface area contributed by atoms with Crippen molar-refractivity contribution in [2.45, 2.75) is 6.92 Å². The van der Waals surface area contributed by atoms with Crippen molar-refractivity contribution in [1.29, 1.82) is 0 Å². The maximum atomic E-state index is 4.22. The zero-order valence-corrected chi connectivity index (χ0v) is 7.44. The van der Waals surface area contributed by atoms with E-state index in [1.165, 1.54) is 0 Å². The molecule has 0 aliphatic heterocycles. The molecule has 3 heteroatoms. The van der Waals surface area contributed by atoms with Crippen LogP contribution in [0.1, 0.15) is 11.4 Å². The first kappa shape index (κ1) is 7.98. The minimum Gasteiger partial charge on any atom is -0.153 e. The molecule has 0 atom stereocenters. The molecule has 0 spiro atoms. The van der Waals surface area contributed by atoms with Crippen molar-refractivity contribution < 1.29 is 0 Å². The second-order valence-electron chi connectivity index (χ2n) is 2.86. The van der Waals surface area contributed by atoms with E-state index in [1.807, 2.05) is 37.3 Å². The summed E-state index contributed by atoms with van der Waals surface area (Å²) >= 11 is 0. The first-order chi connectivity index (χ1) is 6.27. The minimum atomic E-state index is 0.726. The molecule has 0 saturated heterocycles. The lowest BCUT2D eigenvalue weighted by Gasteiger charge is -1.96. The van der Waals surface area contributed by atoms with Gasteiger partial charge in [-0.25, -0.2) is 0 Å². The third-order valence-corrected chi connectivity index (χ3v) is 1.86. The van der Waals surface area contributed by atoms with Crippen molar-refractivity contribution in [1.82, 2.24) is 15.0 Å². The van der Waals surface area contributed by atoms with E-state index in [2.05, 4.69) is 17.1 Å². The van der Waals surface area contributed by atoms with Gasteiger partial charge in [-0.2, -0.15) is 15.0 Å². The molecule has 65 valence electrons. The Labute approximate surface area is 77.0 Å². The van der Waals surface area contributed by atoms with Gasteiger partial charge in [-0.15, -0.1) is 0 Å². The van der Waals surface area contributed by atoms with Crippen molar-refractivity contribution in [2.75, 3.05) is 0 Å². The fourth-order valence-corrected chi connectivity index (χ4v) is 1.09. The molecule has 0 bridgehead atoms. The molecule has 0 unspecified atom stereocenters. The van der Waals surface area contributed by atoms with E-state index in [0.717, 1.165) is 17.1 Å². The molecule has 2 aromatic rings. The fraction of sp³-hybridized carbons (Fsp3) is 0.100. The lowest BCUT2D eigenvalue weighted by molar-refractivity contribution is 0.743. The summed E-state index contributed by atoms with van der Waals surface area (Å²) in [7, 11) is 0. The van der Waals surface area contributed by atoms with Gasteiger partial charge < -0.3 is 0 Å². The number of rotatable bonds is 1. The lowest BCUT2D eigenvalue weighted by Crippen LogP contribution is -1.97. The van der Waals surface area contributed by atoms with Crippen molar-refractivity contribution in [3.8, 4) is 5.69 Å². The first-order valence-corrected chi connectivity index (χ1v) is 4.09. The van der Waals surface area contributed by atoms with Crippen molar-refractivity contribution in [3.05, 3.63) is 48.6 Å². The van der Waals surface area contributed by atoms with E-state index in [-0.39, 0.29) is 0 Å².